The molecule has 0 unspecified atom stereocenters. The Morgan fingerprint density at radius 2 is 1.89 bits per heavy atom. The molecule has 1 saturated heterocycles. The topological polar surface area (TPSA) is 61.4 Å². The summed E-state index contributed by atoms with van der Waals surface area (Å²) in [5.41, 5.74) is 1.98. The third-order valence-corrected chi connectivity index (χ3v) is 5.75. The molecule has 2 aromatic rings. The van der Waals surface area contributed by atoms with E-state index in [1.165, 1.54) is 0 Å². The minimum atomic E-state index is -0.603. The Balaban J connectivity index is 1.62. The van der Waals surface area contributed by atoms with Crippen LogP contribution in [0.15, 0.2) is 48.5 Å². The fourth-order valence-corrected chi connectivity index (χ4v) is 3.70. The number of carbonyl (C=O) groups is 2. The highest BCUT2D eigenvalue weighted by Gasteiger charge is 2.39. The average Bonchev–Trinajstić information content (AvgIpc) is 2.70. The van der Waals surface area contributed by atoms with E-state index in [4.69, 9.17) is 11.6 Å². The summed E-state index contributed by atoms with van der Waals surface area (Å²) in [7, 11) is 0. The van der Waals surface area contributed by atoms with Gasteiger partial charge in [0.1, 0.15) is 0 Å². The van der Waals surface area contributed by atoms with Crippen LogP contribution in [-0.4, -0.2) is 29.9 Å². The minimum absolute atomic E-state index is 0.0206. The van der Waals surface area contributed by atoms with Crippen LogP contribution in [-0.2, 0) is 11.3 Å². The van der Waals surface area contributed by atoms with Crippen LogP contribution in [0.25, 0.3) is 0 Å². The molecule has 28 heavy (non-hydrogen) atoms. The molecule has 0 radical (unpaired) electrons. The van der Waals surface area contributed by atoms with E-state index in [1.807, 2.05) is 56.3 Å². The van der Waals surface area contributed by atoms with E-state index < -0.39 is 5.41 Å². The number of halogens is 1. The second-order valence-corrected chi connectivity index (χ2v) is 8.00. The van der Waals surface area contributed by atoms with Crippen molar-refractivity contribution in [2.45, 2.75) is 33.2 Å². The Morgan fingerprint density at radius 3 is 2.64 bits per heavy atom. The number of hydrogen-bond donors (Lipinski definition) is 2. The van der Waals surface area contributed by atoms with Gasteiger partial charge in [-0.25, -0.2) is 4.79 Å². The lowest BCUT2D eigenvalue weighted by molar-refractivity contribution is -0.132. The Labute approximate surface area is 171 Å². The van der Waals surface area contributed by atoms with Gasteiger partial charge >= 0.3 is 6.03 Å². The maximum absolute atomic E-state index is 12.8. The first-order chi connectivity index (χ1) is 13.4. The molecule has 1 fully saturated rings. The Kier molecular flexibility index (Phi) is 6.25. The van der Waals surface area contributed by atoms with E-state index in [-0.39, 0.29) is 11.9 Å². The molecule has 1 aliphatic rings. The Bertz CT molecular complexity index is 856. The fraction of sp³-hybridized carbons (Fsp3) is 0.364. The molecule has 0 aromatic heterocycles. The maximum atomic E-state index is 12.8. The van der Waals surface area contributed by atoms with Gasteiger partial charge in [-0.05, 0) is 49.9 Å². The molecule has 1 atom stereocenters. The number of benzene rings is 2. The van der Waals surface area contributed by atoms with E-state index in [0.717, 1.165) is 24.0 Å². The summed E-state index contributed by atoms with van der Waals surface area (Å²) in [6, 6.07) is 15.0. The number of nitrogens with zero attached hydrogens (tertiary/aromatic N) is 1. The van der Waals surface area contributed by atoms with Gasteiger partial charge in [-0.15, -0.1) is 0 Å². The molecule has 2 aromatic carbocycles. The fourth-order valence-electron chi connectivity index (χ4n) is 3.53. The van der Waals surface area contributed by atoms with Gasteiger partial charge in [-0.3, -0.25) is 4.79 Å². The van der Waals surface area contributed by atoms with Gasteiger partial charge in [-0.2, -0.15) is 0 Å². The first-order valence-corrected chi connectivity index (χ1v) is 9.90. The highest BCUT2D eigenvalue weighted by atomic mass is 35.5. The summed E-state index contributed by atoms with van der Waals surface area (Å²) in [4.78, 5) is 27.3. The summed E-state index contributed by atoms with van der Waals surface area (Å²) in [6.45, 7) is 5.31. The number of urea groups is 1. The maximum Gasteiger partial charge on any atom is 0.321 e. The smallest absolute Gasteiger partial charge is 0.321 e. The van der Waals surface area contributed by atoms with E-state index in [9.17, 15) is 9.59 Å². The van der Waals surface area contributed by atoms with Crippen molar-refractivity contribution in [2.24, 2.45) is 5.41 Å². The van der Waals surface area contributed by atoms with Crippen molar-refractivity contribution in [2.75, 3.05) is 18.4 Å². The molecule has 1 heterocycles. The number of rotatable bonds is 4. The highest BCUT2D eigenvalue weighted by Crippen LogP contribution is 2.31. The first kappa shape index (κ1) is 20.2. The molecule has 5 nitrogen and oxygen atoms in total. The van der Waals surface area contributed by atoms with E-state index in [0.29, 0.717) is 30.3 Å². The molecular weight excluding hydrogens is 374 g/mol. The third kappa shape index (κ3) is 4.65. The zero-order chi connectivity index (χ0) is 20.1. The van der Waals surface area contributed by atoms with Gasteiger partial charge in [0, 0.05) is 30.3 Å². The Morgan fingerprint density at radius 1 is 1.14 bits per heavy atom. The summed E-state index contributed by atoms with van der Waals surface area (Å²) >= 11 is 6.14. The SMILES string of the molecule is Cc1c(Cl)cccc1NC(=O)N1CCC[C@@](C)(C(=O)NCc2ccccc2)C1. The van der Waals surface area contributed by atoms with Crippen molar-refractivity contribution in [1.29, 1.82) is 0 Å². The molecular formula is C22H26ClN3O2. The van der Waals surface area contributed by atoms with Gasteiger partial charge in [0.15, 0.2) is 0 Å². The summed E-state index contributed by atoms with van der Waals surface area (Å²) in [5.74, 6) is -0.0206. The van der Waals surface area contributed by atoms with Gasteiger partial charge < -0.3 is 15.5 Å². The van der Waals surface area contributed by atoms with Gasteiger partial charge in [-0.1, -0.05) is 48.0 Å². The van der Waals surface area contributed by atoms with Gasteiger partial charge in [0.25, 0.3) is 0 Å². The van der Waals surface area contributed by atoms with Crippen LogP contribution in [0.4, 0.5) is 10.5 Å². The number of anilines is 1. The van der Waals surface area contributed by atoms with Crippen molar-refractivity contribution in [3.63, 3.8) is 0 Å². The standard InChI is InChI=1S/C22H26ClN3O2/c1-16-18(23)10-6-11-19(16)25-21(28)26-13-7-12-22(2,15-26)20(27)24-14-17-8-4-3-5-9-17/h3-6,8-11H,7,12-15H2,1-2H3,(H,24,27)(H,25,28)/t22-/m1/s1. The monoisotopic (exact) mass is 399 g/mol. The number of amides is 3. The molecule has 3 rings (SSSR count). The van der Waals surface area contributed by atoms with E-state index >= 15 is 0 Å². The van der Waals surface area contributed by atoms with Crippen molar-refractivity contribution >= 4 is 29.2 Å². The highest BCUT2D eigenvalue weighted by molar-refractivity contribution is 6.31. The lowest BCUT2D eigenvalue weighted by atomic mass is 9.81. The molecule has 0 spiro atoms. The quantitative estimate of drug-likeness (QED) is 0.789. The van der Waals surface area contributed by atoms with Crippen LogP contribution in [0, 0.1) is 12.3 Å². The molecule has 0 bridgehead atoms. The van der Waals surface area contributed by atoms with Crippen LogP contribution in [0.3, 0.4) is 0 Å². The van der Waals surface area contributed by atoms with Crippen LogP contribution in [0.2, 0.25) is 5.02 Å². The van der Waals surface area contributed by atoms with Crippen LogP contribution in [0.5, 0.6) is 0 Å². The second kappa shape index (κ2) is 8.65. The molecule has 0 saturated carbocycles. The zero-order valence-electron chi connectivity index (χ0n) is 16.3. The van der Waals surface area contributed by atoms with Gasteiger partial charge in [0.05, 0.1) is 5.41 Å². The number of likely N-dealkylation sites (tertiary alicyclic amines) is 1. The number of piperidine rings is 1. The average molecular weight is 400 g/mol. The normalized spacial score (nSPS) is 19.2. The van der Waals surface area contributed by atoms with E-state index in [2.05, 4.69) is 10.6 Å². The zero-order valence-corrected chi connectivity index (χ0v) is 17.1. The molecule has 0 aliphatic carbocycles. The predicted octanol–water partition coefficient (Wildman–Crippen LogP) is 4.60. The Hall–Kier alpha value is -2.53. The van der Waals surface area contributed by atoms with Crippen molar-refractivity contribution < 1.29 is 9.59 Å². The van der Waals surface area contributed by atoms with Crippen LogP contribution in [0.1, 0.15) is 30.9 Å². The van der Waals surface area contributed by atoms with Crippen LogP contribution < -0.4 is 10.6 Å². The number of hydrogen-bond acceptors (Lipinski definition) is 2. The lowest BCUT2D eigenvalue weighted by Crippen LogP contribution is -2.52. The second-order valence-electron chi connectivity index (χ2n) is 7.60. The van der Waals surface area contributed by atoms with Crippen LogP contribution >= 0.6 is 11.6 Å². The van der Waals surface area contributed by atoms with Crippen molar-refractivity contribution in [1.82, 2.24) is 10.2 Å². The number of nitrogens with one attached hydrogen (secondary N) is 2. The van der Waals surface area contributed by atoms with Crippen molar-refractivity contribution in [3.8, 4) is 0 Å². The number of carbonyl (C=O) groups excluding carboxylic acids is 2. The molecule has 1 aliphatic heterocycles. The molecule has 3 amide bonds. The largest absolute Gasteiger partial charge is 0.351 e. The molecule has 2 N–H and O–H groups in total. The predicted molar refractivity (Wildman–Crippen MR) is 112 cm³/mol. The summed E-state index contributed by atoms with van der Waals surface area (Å²) in [6.07, 6.45) is 1.55. The van der Waals surface area contributed by atoms with Gasteiger partial charge in [0.2, 0.25) is 5.91 Å². The lowest BCUT2D eigenvalue weighted by Gasteiger charge is -2.39. The molecule has 148 valence electrons. The summed E-state index contributed by atoms with van der Waals surface area (Å²) in [5, 5.41) is 6.56. The van der Waals surface area contributed by atoms with Crippen molar-refractivity contribution in [3.05, 3.63) is 64.7 Å². The molecule has 6 heteroatoms. The van der Waals surface area contributed by atoms with E-state index in [1.54, 1.807) is 11.0 Å². The first-order valence-electron chi connectivity index (χ1n) is 9.52. The third-order valence-electron chi connectivity index (χ3n) is 5.34. The minimum Gasteiger partial charge on any atom is -0.351 e. The summed E-state index contributed by atoms with van der Waals surface area (Å²) < 4.78 is 0.